The molecule has 0 aliphatic carbocycles. The van der Waals surface area contributed by atoms with Crippen LogP contribution in [0.3, 0.4) is 0 Å². The fraction of sp³-hybridized carbons (Fsp3) is 0.111. The zero-order valence-electron chi connectivity index (χ0n) is 16.8. The fourth-order valence-corrected chi connectivity index (χ4v) is 5.74. The average molecular weight is 394 g/mol. The van der Waals surface area contributed by atoms with E-state index in [9.17, 15) is 0 Å². The normalized spacial score (nSPS) is 12.1. The number of fused-ring (bicyclic) bond motifs is 7. The van der Waals surface area contributed by atoms with E-state index in [0.717, 1.165) is 23.0 Å². The van der Waals surface area contributed by atoms with Crippen molar-refractivity contribution in [1.82, 2.24) is 4.98 Å². The van der Waals surface area contributed by atoms with E-state index in [4.69, 9.17) is 0 Å². The largest absolute Gasteiger partial charge is 0.354 e. The van der Waals surface area contributed by atoms with Crippen LogP contribution in [0.1, 0.15) is 35.6 Å². The Morgan fingerprint density at radius 1 is 1.00 bits per heavy atom. The van der Waals surface area contributed by atoms with Crippen LogP contribution in [0.4, 0.5) is 0 Å². The molecular weight excluding hydrogens is 370 g/mol. The molecule has 0 saturated heterocycles. The summed E-state index contributed by atoms with van der Waals surface area (Å²) in [7, 11) is 0. The lowest BCUT2D eigenvalue weighted by atomic mass is 9.96. The predicted octanol–water partition coefficient (Wildman–Crippen LogP) is 8.71. The van der Waals surface area contributed by atoms with Crippen molar-refractivity contribution in [2.45, 2.75) is 20.3 Å². The molecule has 2 aromatic heterocycles. The molecule has 2 heterocycles. The third kappa shape index (κ3) is 2.53. The van der Waals surface area contributed by atoms with Crippen molar-refractivity contribution in [2.24, 2.45) is 0 Å². The van der Waals surface area contributed by atoms with Crippen molar-refractivity contribution >= 4 is 71.5 Å². The molecule has 1 N–H and O–H groups in total. The van der Waals surface area contributed by atoms with Crippen molar-refractivity contribution in [3.63, 3.8) is 0 Å². The van der Waals surface area contributed by atoms with E-state index in [1.165, 1.54) is 47.6 Å². The average Bonchev–Trinajstić information content (AvgIpc) is 3.28. The molecule has 0 unspecified atom stereocenters. The smallest absolute Gasteiger partial charge is 0.0551 e. The molecule has 0 spiro atoms. The van der Waals surface area contributed by atoms with Gasteiger partial charge in [0.15, 0.2) is 0 Å². The summed E-state index contributed by atoms with van der Waals surface area (Å²) in [5.41, 5.74) is 7.21. The zero-order chi connectivity index (χ0) is 20.1. The SMILES string of the molecule is C=Cc1c(C=C)c2sc3cc(C)c(/C=C\CC)cc3c2c2c1[nH]c1ccccc12. The molecule has 0 atom stereocenters. The van der Waals surface area contributed by atoms with E-state index < -0.39 is 0 Å². The zero-order valence-corrected chi connectivity index (χ0v) is 17.6. The van der Waals surface area contributed by atoms with Crippen LogP contribution in [-0.2, 0) is 0 Å². The molecule has 5 aromatic rings. The van der Waals surface area contributed by atoms with Crippen molar-refractivity contribution in [2.75, 3.05) is 0 Å². The highest BCUT2D eigenvalue weighted by Gasteiger charge is 2.19. The number of para-hydroxylation sites is 1. The molecule has 142 valence electrons. The summed E-state index contributed by atoms with van der Waals surface area (Å²) in [6.07, 6.45) is 9.45. The van der Waals surface area contributed by atoms with E-state index in [2.05, 4.69) is 80.5 Å². The summed E-state index contributed by atoms with van der Waals surface area (Å²) < 4.78 is 2.61. The molecule has 5 rings (SSSR count). The Hall–Kier alpha value is -3.10. The molecule has 29 heavy (non-hydrogen) atoms. The van der Waals surface area contributed by atoms with Crippen LogP contribution in [0.5, 0.6) is 0 Å². The second-order valence-electron chi connectivity index (χ2n) is 7.48. The highest BCUT2D eigenvalue weighted by atomic mass is 32.1. The van der Waals surface area contributed by atoms with Crippen LogP contribution in [0.2, 0.25) is 0 Å². The molecule has 3 aromatic carbocycles. The minimum atomic E-state index is 1.04. The molecule has 0 amide bonds. The number of rotatable bonds is 4. The second-order valence-corrected chi connectivity index (χ2v) is 8.53. The molecule has 2 heteroatoms. The third-order valence-corrected chi connectivity index (χ3v) is 6.96. The second kappa shape index (κ2) is 6.75. The Kier molecular flexibility index (Phi) is 4.18. The summed E-state index contributed by atoms with van der Waals surface area (Å²) in [5, 5.41) is 5.19. The Bertz CT molecular complexity index is 1470. The number of hydrogen-bond acceptors (Lipinski definition) is 1. The minimum Gasteiger partial charge on any atom is -0.354 e. The standard InChI is InChI=1S/C27H23NS/c1-5-8-11-17-15-21-23(14-16(17)4)29-27-19(7-3)18(6-2)26-24(25(21)27)20-12-9-10-13-22(20)28-26/h6-15,28H,2-3,5H2,1,4H3/b11-8-. The number of H-pyrrole nitrogens is 1. The molecule has 0 radical (unpaired) electrons. The Morgan fingerprint density at radius 2 is 1.79 bits per heavy atom. The number of hydrogen-bond donors (Lipinski definition) is 1. The first-order chi connectivity index (χ1) is 14.2. The van der Waals surface area contributed by atoms with Crippen molar-refractivity contribution in [3.05, 3.63) is 77.9 Å². The van der Waals surface area contributed by atoms with Gasteiger partial charge in [-0.1, -0.05) is 62.6 Å². The number of nitrogens with one attached hydrogen (secondary N) is 1. The van der Waals surface area contributed by atoms with Gasteiger partial charge in [-0.2, -0.15) is 0 Å². The van der Waals surface area contributed by atoms with Gasteiger partial charge in [0.2, 0.25) is 0 Å². The number of aromatic amines is 1. The van der Waals surface area contributed by atoms with Crippen molar-refractivity contribution in [1.29, 1.82) is 0 Å². The van der Waals surface area contributed by atoms with Crippen LogP contribution in [0, 0.1) is 6.92 Å². The first-order valence-electron chi connectivity index (χ1n) is 10.0. The number of aromatic nitrogens is 1. The predicted molar refractivity (Wildman–Crippen MR) is 133 cm³/mol. The Labute approximate surface area is 174 Å². The lowest BCUT2D eigenvalue weighted by Crippen LogP contribution is -1.85. The molecule has 0 fully saturated rings. The van der Waals surface area contributed by atoms with E-state index >= 15 is 0 Å². The number of benzene rings is 3. The number of allylic oxidation sites excluding steroid dienone is 1. The Balaban J connectivity index is 2.08. The lowest BCUT2D eigenvalue weighted by Gasteiger charge is -2.07. The first-order valence-corrected chi connectivity index (χ1v) is 10.8. The number of thiophene rings is 1. The summed E-state index contributed by atoms with van der Waals surface area (Å²) in [6.45, 7) is 12.6. The highest BCUT2D eigenvalue weighted by Crippen LogP contribution is 2.46. The van der Waals surface area contributed by atoms with E-state index in [1.54, 1.807) is 0 Å². The van der Waals surface area contributed by atoms with Gasteiger partial charge in [-0.05, 0) is 42.7 Å². The van der Waals surface area contributed by atoms with Crippen molar-refractivity contribution in [3.8, 4) is 0 Å². The molecule has 0 saturated carbocycles. The van der Waals surface area contributed by atoms with Gasteiger partial charge in [-0.3, -0.25) is 0 Å². The topological polar surface area (TPSA) is 15.8 Å². The van der Waals surface area contributed by atoms with E-state index in [-0.39, 0.29) is 0 Å². The molecule has 0 bridgehead atoms. The maximum Gasteiger partial charge on any atom is 0.0551 e. The van der Waals surface area contributed by atoms with Crippen LogP contribution in [-0.4, -0.2) is 4.98 Å². The van der Waals surface area contributed by atoms with Crippen molar-refractivity contribution < 1.29 is 0 Å². The van der Waals surface area contributed by atoms with E-state index in [0.29, 0.717) is 0 Å². The third-order valence-electron chi connectivity index (χ3n) is 5.78. The maximum atomic E-state index is 4.13. The van der Waals surface area contributed by atoms with Crippen LogP contribution in [0.15, 0.2) is 55.6 Å². The van der Waals surface area contributed by atoms with Gasteiger partial charge in [-0.15, -0.1) is 11.3 Å². The van der Waals surface area contributed by atoms with Gasteiger partial charge in [0, 0.05) is 47.6 Å². The van der Waals surface area contributed by atoms with Gasteiger partial charge < -0.3 is 4.98 Å². The lowest BCUT2D eigenvalue weighted by molar-refractivity contribution is 1.23. The van der Waals surface area contributed by atoms with Gasteiger partial charge >= 0.3 is 0 Å². The summed E-state index contributed by atoms with van der Waals surface area (Å²) in [6, 6.07) is 13.2. The molecule has 1 nitrogen and oxygen atoms in total. The van der Waals surface area contributed by atoms with Gasteiger partial charge in [-0.25, -0.2) is 0 Å². The van der Waals surface area contributed by atoms with Crippen LogP contribution in [0.25, 0.3) is 60.2 Å². The molecule has 0 aliphatic heterocycles. The minimum absolute atomic E-state index is 1.04. The van der Waals surface area contributed by atoms with Gasteiger partial charge in [0.05, 0.1) is 5.52 Å². The highest BCUT2D eigenvalue weighted by molar-refractivity contribution is 7.26. The summed E-state index contributed by atoms with van der Waals surface area (Å²) in [4.78, 5) is 3.65. The quantitative estimate of drug-likeness (QED) is 0.314. The van der Waals surface area contributed by atoms with E-state index in [1.807, 2.05) is 23.5 Å². The van der Waals surface area contributed by atoms with Gasteiger partial charge in [0.1, 0.15) is 0 Å². The molecular formula is C27H23NS. The molecule has 0 aliphatic rings. The van der Waals surface area contributed by atoms with Crippen LogP contribution >= 0.6 is 11.3 Å². The van der Waals surface area contributed by atoms with Gasteiger partial charge in [0.25, 0.3) is 0 Å². The fourth-order valence-electron chi connectivity index (χ4n) is 4.40. The monoisotopic (exact) mass is 393 g/mol. The summed E-state index contributed by atoms with van der Waals surface area (Å²) >= 11 is 1.86. The maximum absolute atomic E-state index is 4.13. The summed E-state index contributed by atoms with van der Waals surface area (Å²) in [5.74, 6) is 0. The Morgan fingerprint density at radius 3 is 2.55 bits per heavy atom. The first kappa shape index (κ1) is 18.0. The van der Waals surface area contributed by atoms with Crippen LogP contribution < -0.4 is 0 Å². The number of aryl methyl sites for hydroxylation is 1.